The van der Waals surface area contributed by atoms with E-state index in [9.17, 15) is 8.78 Å². The van der Waals surface area contributed by atoms with Gasteiger partial charge in [0.15, 0.2) is 11.6 Å². The van der Waals surface area contributed by atoms with Gasteiger partial charge in [0, 0.05) is 11.1 Å². The fourth-order valence-electron chi connectivity index (χ4n) is 4.19. The molecular weight excluding hydrogens is 309 g/mol. The van der Waals surface area contributed by atoms with Crippen molar-refractivity contribution >= 4 is 0 Å². The summed E-state index contributed by atoms with van der Waals surface area (Å²) in [6.45, 7) is 5.36. The number of rotatable bonds is 2. The summed E-state index contributed by atoms with van der Waals surface area (Å²) in [6.07, 6.45) is 5.79. The molecule has 0 heterocycles. The lowest BCUT2D eigenvalue weighted by Gasteiger charge is -2.31. The van der Waals surface area contributed by atoms with Crippen LogP contribution in [0.5, 0.6) is 0 Å². The summed E-state index contributed by atoms with van der Waals surface area (Å²) >= 11 is 0. The van der Waals surface area contributed by atoms with Crippen molar-refractivity contribution in [3.05, 3.63) is 59.4 Å². The molecule has 24 heavy (non-hydrogen) atoms. The van der Waals surface area contributed by atoms with Crippen LogP contribution in [0.4, 0.5) is 13.2 Å². The van der Waals surface area contributed by atoms with Gasteiger partial charge < -0.3 is 0 Å². The first kappa shape index (κ1) is 15.5. The van der Waals surface area contributed by atoms with E-state index in [1.807, 2.05) is 18.2 Å². The van der Waals surface area contributed by atoms with Gasteiger partial charge in [-0.25, -0.2) is 13.2 Å². The molecule has 0 nitrogen and oxygen atoms in total. The van der Waals surface area contributed by atoms with E-state index in [1.165, 1.54) is 6.92 Å². The van der Waals surface area contributed by atoms with Crippen LogP contribution in [0.1, 0.15) is 42.7 Å². The molecule has 0 aromatic heterocycles. The maximum atomic E-state index is 15.1. The Hall–Kier alpha value is -2.03. The summed E-state index contributed by atoms with van der Waals surface area (Å²) in [7, 11) is 0. The molecule has 0 atom stereocenters. The first-order chi connectivity index (χ1) is 11.5. The highest BCUT2D eigenvalue weighted by Crippen LogP contribution is 2.53. The minimum atomic E-state index is -0.927. The lowest BCUT2D eigenvalue weighted by Crippen LogP contribution is -2.15. The van der Waals surface area contributed by atoms with E-state index in [1.54, 1.807) is 6.07 Å². The Bertz CT molecular complexity index is 843. The van der Waals surface area contributed by atoms with Gasteiger partial charge >= 0.3 is 0 Å². The van der Waals surface area contributed by atoms with Crippen molar-refractivity contribution in [2.75, 3.05) is 0 Å². The third kappa shape index (κ3) is 2.07. The Morgan fingerprint density at radius 2 is 1.58 bits per heavy atom. The van der Waals surface area contributed by atoms with Gasteiger partial charge in [0.05, 0.1) is 0 Å². The van der Waals surface area contributed by atoms with E-state index in [0.717, 1.165) is 25.7 Å². The number of fused-ring (bicyclic) bond motifs is 4. The van der Waals surface area contributed by atoms with Crippen LogP contribution in [0.3, 0.4) is 0 Å². The molecule has 4 rings (SSSR count). The van der Waals surface area contributed by atoms with E-state index in [2.05, 4.69) is 6.58 Å². The van der Waals surface area contributed by atoms with E-state index >= 15 is 4.39 Å². The summed E-state index contributed by atoms with van der Waals surface area (Å²) in [5.74, 6) is -1.52. The quantitative estimate of drug-likeness (QED) is 0.470. The van der Waals surface area contributed by atoms with Crippen molar-refractivity contribution < 1.29 is 13.2 Å². The predicted octanol–water partition coefficient (Wildman–Crippen LogP) is 6.52. The predicted molar refractivity (Wildman–Crippen MR) is 90.4 cm³/mol. The molecule has 0 N–H and O–H groups in total. The zero-order valence-corrected chi connectivity index (χ0v) is 13.6. The lowest BCUT2D eigenvalue weighted by molar-refractivity contribution is 0.369. The maximum absolute atomic E-state index is 15.1. The van der Waals surface area contributed by atoms with Crippen molar-refractivity contribution in [1.82, 2.24) is 0 Å². The number of hydrogen-bond acceptors (Lipinski definition) is 0. The number of allylic oxidation sites excluding steroid dienone is 1. The topological polar surface area (TPSA) is 0 Å². The molecule has 1 saturated carbocycles. The van der Waals surface area contributed by atoms with Gasteiger partial charge in [-0.15, -0.1) is 6.58 Å². The second-order valence-electron chi connectivity index (χ2n) is 6.98. The van der Waals surface area contributed by atoms with Gasteiger partial charge in [0.1, 0.15) is 5.82 Å². The van der Waals surface area contributed by atoms with Crippen molar-refractivity contribution in [3.63, 3.8) is 0 Å². The normalized spacial score (nSPS) is 21.7. The van der Waals surface area contributed by atoms with Gasteiger partial charge in [-0.1, -0.05) is 18.2 Å². The van der Waals surface area contributed by atoms with Crippen LogP contribution in [0.2, 0.25) is 0 Å². The third-order valence-electron chi connectivity index (χ3n) is 5.65. The monoisotopic (exact) mass is 328 g/mol. The molecule has 0 unspecified atom stereocenters. The molecule has 3 heteroatoms. The van der Waals surface area contributed by atoms with Crippen molar-refractivity contribution in [2.45, 2.75) is 38.5 Å². The van der Waals surface area contributed by atoms with E-state index in [-0.39, 0.29) is 28.4 Å². The standard InChI is InChI=1S/C21H19F3/c1-3-12-4-6-13(7-5-12)14-8-9-15-16-10-11(2)19(22)21(24)18(16)17(15)20(14)23/h3,8-10,12-13H,1,4-7H2,2H3. The van der Waals surface area contributed by atoms with Crippen LogP contribution >= 0.6 is 0 Å². The van der Waals surface area contributed by atoms with E-state index in [0.29, 0.717) is 22.6 Å². The van der Waals surface area contributed by atoms with Gasteiger partial charge in [0.25, 0.3) is 0 Å². The zero-order chi connectivity index (χ0) is 17.0. The van der Waals surface area contributed by atoms with Crippen molar-refractivity contribution in [2.24, 2.45) is 5.92 Å². The molecule has 1 fully saturated rings. The number of benzene rings is 2. The summed E-state index contributed by atoms with van der Waals surface area (Å²) < 4.78 is 43.2. The molecule has 0 bridgehead atoms. The fourth-order valence-corrected chi connectivity index (χ4v) is 4.19. The molecule has 2 aromatic carbocycles. The minimum Gasteiger partial charge on any atom is -0.206 e. The second-order valence-corrected chi connectivity index (χ2v) is 6.98. The molecule has 2 aliphatic carbocycles. The highest BCUT2D eigenvalue weighted by atomic mass is 19.2. The molecule has 0 amide bonds. The summed E-state index contributed by atoms with van der Waals surface area (Å²) in [4.78, 5) is 0. The smallest absolute Gasteiger partial charge is 0.167 e. The van der Waals surface area contributed by atoms with E-state index in [4.69, 9.17) is 0 Å². The average molecular weight is 328 g/mol. The third-order valence-corrected chi connectivity index (χ3v) is 5.65. The molecule has 2 aromatic rings. The SMILES string of the molecule is C=CC1CCC(c2ccc3c(c2F)-c2c-3cc(C)c(F)c2F)CC1. The summed E-state index contributed by atoms with van der Waals surface area (Å²) in [5.41, 5.74) is 2.55. The van der Waals surface area contributed by atoms with Crippen LogP contribution in [0.25, 0.3) is 22.3 Å². The molecule has 0 saturated heterocycles. The molecule has 0 radical (unpaired) electrons. The Morgan fingerprint density at radius 3 is 2.25 bits per heavy atom. The van der Waals surface area contributed by atoms with Crippen molar-refractivity contribution in [3.8, 4) is 22.3 Å². The van der Waals surface area contributed by atoms with Crippen LogP contribution in [-0.4, -0.2) is 0 Å². The van der Waals surface area contributed by atoms with Gasteiger partial charge in [-0.3, -0.25) is 0 Å². The minimum absolute atomic E-state index is 0.104. The van der Waals surface area contributed by atoms with E-state index < -0.39 is 11.6 Å². The highest BCUT2D eigenvalue weighted by Gasteiger charge is 2.34. The Balaban J connectivity index is 1.74. The summed E-state index contributed by atoms with van der Waals surface area (Å²) in [5, 5.41) is 0. The summed E-state index contributed by atoms with van der Waals surface area (Å²) in [6, 6.07) is 5.28. The van der Waals surface area contributed by atoms with Gasteiger partial charge in [-0.2, -0.15) is 0 Å². The zero-order valence-electron chi connectivity index (χ0n) is 13.6. The fraction of sp³-hybridized carbons (Fsp3) is 0.333. The van der Waals surface area contributed by atoms with Crippen LogP contribution in [0.15, 0.2) is 30.9 Å². The Kier molecular flexibility index (Phi) is 3.56. The molecular formula is C21H19F3. The second kappa shape index (κ2) is 5.51. The molecule has 0 spiro atoms. The average Bonchev–Trinajstić information content (AvgIpc) is 2.58. The largest absolute Gasteiger partial charge is 0.206 e. The molecule has 0 aliphatic heterocycles. The Labute approximate surface area is 140 Å². The van der Waals surface area contributed by atoms with Gasteiger partial charge in [-0.05, 0) is 72.8 Å². The lowest BCUT2D eigenvalue weighted by atomic mass is 9.74. The van der Waals surface area contributed by atoms with Crippen molar-refractivity contribution in [1.29, 1.82) is 0 Å². The van der Waals surface area contributed by atoms with Gasteiger partial charge in [0.2, 0.25) is 0 Å². The molecule has 124 valence electrons. The van der Waals surface area contributed by atoms with Crippen LogP contribution in [-0.2, 0) is 0 Å². The first-order valence-corrected chi connectivity index (χ1v) is 8.47. The highest BCUT2D eigenvalue weighted by molar-refractivity contribution is 6.03. The first-order valence-electron chi connectivity index (χ1n) is 8.47. The van der Waals surface area contributed by atoms with Crippen LogP contribution < -0.4 is 0 Å². The van der Waals surface area contributed by atoms with Crippen LogP contribution in [0, 0.1) is 30.3 Å². The number of hydrogen-bond donors (Lipinski definition) is 0. The Morgan fingerprint density at radius 1 is 0.917 bits per heavy atom. The molecule has 2 aliphatic rings. The number of halogens is 3. The number of aryl methyl sites for hydroxylation is 1. The maximum Gasteiger partial charge on any atom is 0.167 e.